The highest BCUT2D eigenvalue weighted by Gasteiger charge is 2.21. The summed E-state index contributed by atoms with van der Waals surface area (Å²) in [5, 5.41) is 8.92. The number of nitrogens with one attached hydrogen (secondary N) is 3. The average Bonchev–Trinajstić information content (AvgIpc) is 2.80. The van der Waals surface area contributed by atoms with Gasteiger partial charge in [0.25, 0.3) is 0 Å². The van der Waals surface area contributed by atoms with E-state index in [0.717, 1.165) is 21.9 Å². The molecule has 3 aromatic rings. The molecule has 2 amide bonds. The summed E-state index contributed by atoms with van der Waals surface area (Å²) >= 11 is 1.60. The summed E-state index contributed by atoms with van der Waals surface area (Å²) < 4.78 is 0. The van der Waals surface area contributed by atoms with Crippen molar-refractivity contribution in [1.82, 2.24) is 5.32 Å². The van der Waals surface area contributed by atoms with Gasteiger partial charge in [-0.15, -0.1) is 18.3 Å². The Labute approximate surface area is 187 Å². The van der Waals surface area contributed by atoms with E-state index >= 15 is 0 Å². The van der Waals surface area contributed by atoms with Gasteiger partial charge in [0, 0.05) is 16.3 Å². The van der Waals surface area contributed by atoms with Crippen LogP contribution in [0.15, 0.2) is 102 Å². The second-order valence-electron chi connectivity index (χ2n) is 6.72. The molecule has 0 radical (unpaired) electrons. The molecule has 158 valence electrons. The predicted octanol–water partition coefficient (Wildman–Crippen LogP) is 4.87. The SMILES string of the molecule is C=CCSc1ccccc1NC(=O)CNC(C(=O)Nc1ccccc1)c1ccccc1. The molecule has 0 fully saturated rings. The summed E-state index contributed by atoms with van der Waals surface area (Å²) in [5.41, 5.74) is 2.23. The molecule has 0 spiro atoms. The number of para-hydroxylation sites is 2. The fraction of sp³-hybridized carbons (Fsp3) is 0.120. The van der Waals surface area contributed by atoms with Crippen molar-refractivity contribution in [3.63, 3.8) is 0 Å². The van der Waals surface area contributed by atoms with Gasteiger partial charge in [0.15, 0.2) is 0 Å². The van der Waals surface area contributed by atoms with Crippen LogP contribution < -0.4 is 16.0 Å². The zero-order chi connectivity index (χ0) is 21.9. The molecule has 0 heterocycles. The van der Waals surface area contributed by atoms with Crippen LogP contribution in [0.5, 0.6) is 0 Å². The van der Waals surface area contributed by atoms with Crippen LogP contribution >= 0.6 is 11.8 Å². The molecule has 3 N–H and O–H groups in total. The van der Waals surface area contributed by atoms with E-state index in [0.29, 0.717) is 5.69 Å². The normalized spacial score (nSPS) is 11.4. The van der Waals surface area contributed by atoms with Crippen molar-refractivity contribution in [2.45, 2.75) is 10.9 Å². The minimum absolute atomic E-state index is 0.0117. The van der Waals surface area contributed by atoms with Crippen molar-refractivity contribution in [3.05, 3.63) is 103 Å². The Bertz CT molecular complexity index is 1010. The molecule has 1 unspecified atom stereocenters. The van der Waals surface area contributed by atoms with Crippen molar-refractivity contribution < 1.29 is 9.59 Å². The number of amides is 2. The topological polar surface area (TPSA) is 70.2 Å². The van der Waals surface area contributed by atoms with Crippen LogP contribution in [0.4, 0.5) is 11.4 Å². The third-order valence-corrected chi connectivity index (χ3v) is 5.49. The monoisotopic (exact) mass is 431 g/mol. The molecule has 0 aliphatic carbocycles. The van der Waals surface area contributed by atoms with Gasteiger partial charge in [-0.05, 0) is 29.8 Å². The number of thioether (sulfide) groups is 1. The molecular formula is C25H25N3O2S. The lowest BCUT2D eigenvalue weighted by Crippen LogP contribution is -2.37. The van der Waals surface area contributed by atoms with Crippen LogP contribution in [-0.4, -0.2) is 24.1 Å². The second-order valence-corrected chi connectivity index (χ2v) is 7.79. The van der Waals surface area contributed by atoms with E-state index in [-0.39, 0.29) is 18.4 Å². The van der Waals surface area contributed by atoms with Gasteiger partial charge in [0.05, 0.1) is 12.2 Å². The second kappa shape index (κ2) is 11.7. The lowest BCUT2D eigenvalue weighted by molar-refractivity contribution is -0.119. The van der Waals surface area contributed by atoms with Crippen molar-refractivity contribution >= 4 is 35.0 Å². The van der Waals surface area contributed by atoms with Crippen LogP contribution in [0.25, 0.3) is 0 Å². The highest BCUT2D eigenvalue weighted by Crippen LogP contribution is 2.26. The quantitative estimate of drug-likeness (QED) is 0.316. The number of hydrogen-bond acceptors (Lipinski definition) is 4. The molecule has 3 rings (SSSR count). The molecule has 0 saturated heterocycles. The molecule has 0 bridgehead atoms. The highest BCUT2D eigenvalue weighted by molar-refractivity contribution is 7.99. The molecule has 1 atom stereocenters. The lowest BCUT2D eigenvalue weighted by atomic mass is 10.1. The van der Waals surface area contributed by atoms with Crippen molar-refractivity contribution in [2.75, 3.05) is 22.9 Å². The van der Waals surface area contributed by atoms with Crippen molar-refractivity contribution in [1.29, 1.82) is 0 Å². The summed E-state index contributed by atoms with van der Waals surface area (Å²) in [6.07, 6.45) is 1.82. The Balaban J connectivity index is 1.67. The number of anilines is 2. The molecule has 0 aliphatic heterocycles. The summed E-state index contributed by atoms with van der Waals surface area (Å²) in [6, 6.07) is 25.6. The first-order valence-electron chi connectivity index (χ1n) is 9.94. The molecule has 0 aliphatic rings. The van der Waals surface area contributed by atoms with Gasteiger partial charge in [0.1, 0.15) is 6.04 Å². The number of carbonyl (C=O) groups is 2. The van der Waals surface area contributed by atoms with E-state index < -0.39 is 6.04 Å². The number of carbonyl (C=O) groups excluding carboxylic acids is 2. The van der Waals surface area contributed by atoms with Crippen LogP contribution in [0.1, 0.15) is 11.6 Å². The van der Waals surface area contributed by atoms with Gasteiger partial charge in [-0.1, -0.05) is 66.7 Å². The average molecular weight is 432 g/mol. The maximum absolute atomic E-state index is 12.9. The summed E-state index contributed by atoms with van der Waals surface area (Å²) in [4.78, 5) is 26.5. The molecule has 6 heteroatoms. The summed E-state index contributed by atoms with van der Waals surface area (Å²) in [6.45, 7) is 3.72. The summed E-state index contributed by atoms with van der Waals surface area (Å²) in [5.74, 6) is 0.299. The Morgan fingerprint density at radius 1 is 0.871 bits per heavy atom. The first kappa shape index (κ1) is 22.3. The van der Waals surface area contributed by atoms with Gasteiger partial charge < -0.3 is 10.6 Å². The van der Waals surface area contributed by atoms with Crippen LogP contribution in [0, 0.1) is 0 Å². The Morgan fingerprint density at radius 3 is 2.23 bits per heavy atom. The molecule has 5 nitrogen and oxygen atoms in total. The van der Waals surface area contributed by atoms with E-state index in [2.05, 4.69) is 22.5 Å². The number of hydrogen-bond donors (Lipinski definition) is 3. The Hall–Kier alpha value is -3.35. The predicted molar refractivity (Wildman–Crippen MR) is 128 cm³/mol. The molecule has 0 aromatic heterocycles. The first-order chi connectivity index (χ1) is 15.2. The Kier molecular flexibility index (Phi) is 8.46. The zero-order valence-corrected chi connectivity index (χ0v) is 17.9. The minimum atomic E-state index is -0.669. The minimum Gasteiger partial charge on any atom is -0.324 e. The maximum Gasteiger partial charge on any atom is 0.246 e. The summed E-state index contributed by atoms with van der Waals surface area (Å²) in [7, 11) is 0. The standard InChI is InChI=1S/C25H25N3O2S/c1-2-17-31-22-16-10-9-15-21(22)28-23(29)18-26-24(19-11-5-3-6-12-19)25(30)27-20-13-7-4-8-14-20/h2-16,24,26H,1,17-18H2,(H,27,30)(H,28,29). The number of benzene rings is 3. The van der Waals surface area contributed by atoms with Crippen molar-refractivity contribution in [2.24, 2.45) is 0 Å². The number of rotatable bonds is 10. The fourth-order valence-corrected chi connectivity index (χ4v) is 3.72. The van der Waals surface area contributed by atoms with Crippen molar-refractivity contribution in [3.8, 4) is 0 Å². The van der Waals surface area contributed by atoms with E-state index in [1.807, 2.05) is 91.0 Å². The Morgan fingerprint density at radius 2 is 1.52 bits per heavy atom. The molecular weight excluding hydrogens is 406 g/mol. The van der Waals surface area contributed by atoms with Gasteiger partial charge in [-0.3, -0.25) is 14.9 Å². The third-order valence-electron chi connectivity index (χ3n) is 4.42. The van der Waals surface area contributed by atoms with Gasteiger partial charge in [-0.2, -0.15) is 0 Å². The highest BCUT2D eigenvalue weighted by atomic mass is 32.2. The van der Waals surface area contributed by atoms with Gasteiger partial charge >= 0.3 is 0 Å². The molecule has 31 heavy (non-hydrogen) atoms. The molecule has 3 aromatic carbocycles. The first-order valence-corrected chi connectivity index (χ1v) is 10.9. The van der Waals surface area contributed by atoms with Gasteiger partial charge in [-0.25, -0.2) is 0 Å². The lowest BCUT2D eigenvalue weighted by Gasteiger charge is -2.19. The fourth-order valence-electron chi connectivity index (χ4n) is 2.98. The largest absolute Gasteiger partial charge is 0.324 e. The van der Waals surface area contributed by atoms with E-state index in [4.69, 9.17) is 0 Å². The zero-order valence-electron chi connectivity index (χ0n) is 17.1. The van der Waals surface area contributed by atoms with Gasteiger partial charge in [0.2, 0.25) is 11.8 Å². The van der Waals surface area contributed by atoms with E-state index in [1.54, 1.807) is 11.8 Å². The smallest absolute Gasteiger partial charge is 0.246 e. The third kappa shape index (κ3) is 6.84. The van der Waals surface area contributed by atoms with Crippen LogP contribution in [0.3, 0.4) is 0 Å². The van der Waals surface area contributed by atoms with Crippen LogP contribution in [0.2, 0.25) is 0 Å². The van der Waals surface area contributed by atoms with E-state index in [1.165, 1.54) is 0 Å². The maximum atomic E-state index is 12.9. The molecule has 0 saturated carbocycles. The van der Waals surface area contributed by atoms with Crippen LogP contribution in [-0.2, 0) is 9.59 Å². The van der Waals surface area contributed by atoms with E-state index in [9.17, 15) is 9.59 Å².